The van der Waals surface area contributed by atoms with Crippen LogP contribution in [0.15, 0.2) is 0 Å². The number of hydrogen-bond donors (Lipinski definition) is 2. The third kappa shape index (κ3) is 3.71. The Morgan fingerprint density at radius 3 is 2.61 bits per heavy atom. The molecule has 0 aromatic carbocycles. The number of rotatable bonds is 3. The molecule has 104 valence electrons. The molecule has 2 rings (SSSR count). The van der Waals surface area contributed by atoms with Crippen LogP contribution in [0.1, 0.15) is 65.2 Å². The van der Waals surface area contributed by atoms with Crippen molar-refractivity contribution in [3.63, 3.8) is 0 Å². The van der Waals surface area contributed by atoms with E-state index in [2.05, 4.69) is 24.5 Å². The van der Waals surface area contributed by atoms with E-state index >= 15 is 0 Å². The SMILES string of the molecule is CC1CCCC(C(=O)NCC2(C)CCCCC2)N1. The fourth-order valence-electron chi connectivity index (χ4n) is 3.35. The van der Waals surface area contributed by atoms with Gasteiger partial charge in [-0.15, -0.1) is 0 Å². The molecule has 3 heteroatoms. The number of carbonyl (C=O) groups excluding carboxylic acids is 1. The topological polar surface area (TPSA) is 41.1 Å². The summed E-state index contributed by atoms with van der Waals surface area (Å²) in [5.74, 6) is 0.216. The van der Waals surface area contributed by atoms with Crippen molar-refractivity contribution < 1.29 is 4.79 Å². The van der Waals surface area contributed by atoms with E-state index in [0.717, 1.165) is 13.0 Å². The van der Waals surface area contributed by atoms with Crippen LogP contribution in [-0.2, 0) is 4.79 Å². The molecule has 2 unspecified atom stereocenters. The van der Waals surface area contributed by atoms with Crippen molar-refractivity contribution >= 4 is 5.91 Å². The van der Waals surface area contributed by atoms with Gasteiger partial charge in [-0.1, -0.05) is 26.2 Å². The molecule has 1 saturated heterocycles. The molecular formula is C15H28N2O. The number of piperidine rings is 1. The van der Waals surface area contributed by atoms with Crippen molar-refractivity contribution in [2.45, 2.75) is 77.3 Å². The first-order valence-corrected chi connectivity index (χ1v) is 7.63. The van der Waals surface area contributed by atoms with E-state index in [0.29, 0.717) is 11.5 Å². The Balaban J connectivity index is 1.76. The number of amides is 1. The van der Waals surface area contributed by atoms with Crippen LogP contribution in [0.4, 0.5) is 0 Å². The first-order valence-electron chi connectivity index (χ1n) is 7.63. The summed E-state index contributed by atoms with van der Waals surface area (Å²) in [4.78, 5) is 12.2. The Labute approximate surface area is 111 Å². The van der Waals surface area contributed by atoms with Crippen LogP contribution < -0.4 is 10.6 Å². The zero-order chi connectivity index (χ0) is 13.0. The van der Waals surface area contributed by atoms with E-state index in [-0.39, 0.29) is 11.9 Å². The van der Waals surface area contributed by atoms with Gasteiger partial charge in [0.1, 0.15) is 0 Å². The smallest absolute Gasteiger partial charge is 0.237 e. The Morgan fingerprint density at radius 1 is 1.22 bits per heavy atom. The second-order valence-corrected chi connectivity index (χ2v) is 6.64. The second kappa shape index (κ2) is 6.05. The summed E-state index contributed by atoms with van der Waals surface area (Å²) in [6.07, 6.45) is 9.91. The molecule has 2 fully saturated rings. The molecule has 1 heterocycles. The number of carbonyl (C=O) groups is 1. The van der Waals surface area contributed by atoms with Crippen LogP contribution in [0.5, 0.6) is 0 Å². The van der Waals surface area contributed by atoms with E-state index < -0.39 is 0 Å². The molecule has 18 heavy (non-hydrogen) atoms. The largest absolute Gasteiger partial charge is 0.354 e. The van der Waals surface area contributed by atoms with Crippen molar-refractivity contribution in [1.29, 1.82) is 0 Å². The van der Waals surface area contributed by atoms with Crippen LogP contribution in [-0.4, -0.2) is 24.5 Å². The standard InChI is InChI=1S/C15H28N2O/c1-12-7-6-8-13(17-12)14(18)16-11-15(2)9-4-3-5-10-15/h12-13,17H,3-11H2,1-2H3,(H,16,18). The fraction of sp³-hybridized carbons (Fsp3) is 0.933. The van der Waals surface area contributed by atoms with Crippen LogP contribution in [0.3, 0.4) is 0 Å². The highest BCUT2D eigenvalue weighted by Gasteiger charge is 2.29. The van der Waals surface area contributed by atoms with Gasteiger partial charge in [0.05, 0.1) is 6.04 Å². The maximum absolute atomic E-state index is 12.2. The molecule has 2 N–H and O–H groups in total. The average Bonchev–Trinajstić information content (AvgIpc) is 2.37. The first kappa shape index (κ1) is 13.9. The molecule has 1 saturated carbocycles. The molecule has 0 aromatic heterocycles. The van der Waals surface area contributed by atoms with Gasteiger partial charge in [-0.25, -0.2) is 0 Å². The summed E-state index contributed by atoms with van der Waals surface area (Å²) in [6.45, 7) is 5.35. The van der Waals surface area contributed by atoms with Gasteiger partial charge in [0, 0.05) is 12.6 Å². The molecule has 3 nitrogen and oxygen atoms in total. The van der Waals surface area contributed by atoms with Crippen LogP contribution >= 0.6 is 0 Å². The van der Waals surface area contributed by atoms with Crippen molar-refractivity contribution in [3.8, 4) is 0 Å². The van der Waals surface area contributed by atoms with E-state index in [1.54, 1.807) is 0 Å². The molecule has 2 atom stereocenters. The normalized spacial score (nSPS) is 31.9. The lowest BCUT2D eigenvalue weighted by Crippen LogP contribution is -2.51. The van der Waals surface area contributed by atoms with Gasteiger partial charge in [-0.3, -0.25) is 4.79 Å². The maximum Gasteiger partial charge on any atom is 0.237 e. The molecule has 2 aliphatic rings. The van der Waals surface area contributed by atoms with Crippen molar-refractivity contribution in [3.05, 3.63) is 0 Å². The van der Waals surface area contributed by atoms with E-state index in [1.807, 2.05) is 0 Å². The summed E-state index contributed by atoms with van der Waals surface area (Å²) >= 11 is 0. The van der Waals surface area contributed by atoms with Gasteiger partial charge >= 0.3 is 0 Å². The predicted molar refractivity (Wildman–Crippen MR) is 74.4 cm³/mol. The quantitative estimate of drug-likeness (QED) is 0.810. The Kier molecular flexibility index (Phi) is 4.66. The summed E-state index contributed by atoms with van der Waals surface area (Å²) in [5.41, 5.74) is 0.341. The molecule has 0 spiro atoms. The van der Waals surface area contributed by atoms with Crippen LogP contribution in [0.2, 0.25) is 0 Å². The Bertz CT molecular complexity index is 284. The number of hydrogen-bond acceptors (Lipinski definition) is 2. The monoisotopic (exact) mass is 252 g/mol. The van der Waals surface area contributed by atoms with Gasteiger partial charge < -0.3 is 10.6 Å². The molecule has 1 amide bonds. The van der Waals surface area contributed by atoms with Gasteiger partial charge in [0.25, 0.3) is 0 Å². The lowest BCUT2D eigenvalue weighted by atomic mass is 9.75. The van der Waals surface area contributed by atoms with Crippen molar-refractivity contribution in [1.82, 2.24) is 10.6 Å². The average molecular weight is 252 g/mol. The van der Waals surface area contributed by atoms with Crippen molar-refractivity contribution in [2.24, 2.45) is 5.41 Å². The third-order valence-electron chi connectivity index (χ3n) is 4.68. The minimum Gasteiger partial charge on any atom is -0.354 e. The molecule has 0 radical (unpaired) electrons. The van der Waals surface area contributed by atoms with E-state index in [9.17, 15) is 4.79 Å². The summed E-state index contributed by atoms with van der Waals surface area (Å²) in [6, 6.07) is 0.528. The van der Waals surface area contributed by atoms with Crippen molar-refractivity contribution in [2.75, 3.05) is 6.54 Å². The van der Waals surface area contributed by atoms with E-state index in [1.165, 1.54) is 44.9 Å². The predicted octanol–water partition coefficient (Wildman–Crippen LogP) is 2.60. The molecule has 1 aliphatic heterocycles. The zero-order valence-electron chi connectivity index (χ0n) is 11.9. The summed E-state index contributed by atoms with van der Waals surface area (Å²) in [5, 5.41) is 6.59. The highest BCUT2D eigenvalue weighted by molar-refractivity contribution is 5.81. The maximum atomic E-state index is 12.2. The summed E-state index contributed by atoms with van der Waals surface area (Å²) in [7, 11) is 0. The van der Waals surface area contributed by atoms with Crippen LogP contribution in [0.25, 0.3) is 0 Å². The lowest BCUT2D eigenvalue weighted by molar-refractivity contribution is -0.124. The van der Waals surface area contributed by atoms with Gasteiger partial charge in [-0.05, 0) is 44.4 Å². The molecule has 0 aromatic rings. The molecule has 0 bridgehead atoms. The Morgan fingerprint density at radius 2 is 1.94 bits per heavy atom. The number of nitrogens with one attached hydrogen (secondary N) is 2. The minimum atomic E-state index is 0.0425. The zero-order valence-corrected chi connectivity index (χ0v) is 11.9. The lowest BCUT2D eigenvalue weighted by Gasteiger charge is -2.35. The van der Waals surface area contributed by atoms with Gasteiger partial charge in [0.15, 0.2) is 0 Å². The highest BCUT2D eigenvalue weighted by Crippen LogP contribution is 2.34. The van der Waals surface area contributed by atoms with E-state index in [4.69, 9.17) is 0 Å². The minimum absolute atomic E-state index is 0.0425. The van der Waals surface area contributed by atoms with Gasteiger partial charge in [0.2, 0.25) is 5.91 Å². The first-order chi connectivity index (χ1) is 8.59. The highest BCUT2D eigenvalue weighted by atomic mass is 16.2. The molecular weight excluding hydrogens is 224 g/mol. The third-order valence-corrected chi connectivity index (χ3v) is 4.68. The van der Waals surface area contributed by atoms with Crippen LogP contribution in [0, 0.1) is 5.41 Å². The fourth-order valence-corrected chi connectivity index (χ4v) is 3.35. The molecule has 1 aliphatic carbocycles. The second-order valence-electron chi connectivity index (χ2n) is 6.64. The van der Waals surface area contributed by atoms with Gasteiger partial charge in [-0.2, -0.15) is 0 Å². The summed E-state index contributed by atoms with van der Waals surface area (Å²) < 4.78 is 0. The Hall–Kier alpha value is -0.570.